The Morgan fingerprint density at radius 3 is 2.90 bits per heavy atom. The molecule has 150 valence electrons. The van der Waals surface area contributed by atoms with E-state index in [9.17, 15) is 9.59 Å². The Hall–Kier alpha value is -2.99. The molecule has 0 aromatic heterocycles. The molecule has 0 saturated heterocycles. The monoisotopic (exact) mass is 413 g/mol. The molecule has 0 fully saturated rings. The smallest absolute Gasteiger partial charge is 0.331 e. The van der Waals surface area contributed by atoms with E-state index in [1.165, 1.54) is 6.08 Å². The van der Waals surface area contributed by atoms with Crippen molar-refractivity contribution in [2.24, 2.45) is 0 Å². The molecule has 0 N–H and O–H groups in total. The van der Waals surface area contributed by atoms with E-state index < -0.39 is 12.1 Å². The van der Waals surface area contributed by atoms with Gasteiger partial charge in [0.2, 0.25) is 6.79 Å². The van der Waals surface area contributed by atoms with Crippen molar-refractivity contribution in [1.82, 2.24) is 0 Å². The average molecular weight is 414 g/mol. The Morgan fingerprint density at radius 2 is 2.07 bits per heavy atom. The van der Waals surface area contributed by atoms with Gasteiger partial charge in [0.05, 0.1) is 5.02 Å². The number of rotatable bonds is 4. The van der Waals surface area contributed by atoms with Crippen molar-refractivity contribution in [3.63, 3.8) is 0 Å². The van der Waals surface area contributed by atoms with Crippen LogP contribution in [0, 0.1) is 0 Å². The minimum absolute atomic E-state index is 0.0207. The molecule has 0 unspecified atom stereocenters. The first-order valence-electron chi connectivity index (χ1n) is 9.33. The summed E-state index contributed by atoms with van der Waals surface area (Å²) in [5, 5.41) is 0.401. The van der Waals surface area contributed by atoms with Crippen LogP contribution in [0.1, 0.15) is 25.0 Å². The number of carbonyl (C=O) groups is 2. The van der Waals surface area contributed by atoms with Crippen molar-refractivity contribution in [1.29, 1.82) is 0 Å². The van der Waals surface area contributed by atoms with E-state index in [1.54, 1.807) is 30.0 Å². The van der Waals surface area contributed by atoms with Crippen LogP contribution in [0.25, 0.3) is 6.08 Å². The van der Waals surface area contributed by atoms with E-state index in [-0.39, 0.29) is 18.7 Å². The SMILES string of the molecule is C[C@H](OC(=O)/C=C/c1cc(Cl)c2c(c1)OCO2)C(=O)N1c2ccccc2C[C@H]1C. The number of hydrogen-bond donors (Lipinski definition) is 0. The fourth-order valence-corrected chi connectivity index (χ4v) is 3.88. The predicted molar refractivity (Wildman–Crippen MR) is 109 cm³/mol. The lowest BCUT2D eigenvalue weighted by Crippen LogP contribution is -2.43. The number of amides is 1. The van der Waals surface area contributed by atoms with Crippen LogP contribution in [0.15, 0.2) is 42.5 Å². The molecule has 4 rings (SSSR count). The van der Waals surface area contributed by atoms with E-state index in [1.807, 2.05) is 31.2 Å². The molecule has 2 heterocycles. The van der Waals surface area contributed by atoms with Crippen LogP contribution < -0.4 is 14.4 Å². The van der Waals surface area contributed by atoms with Gasteiger partial charge in [0, 0.05) is 17.8 Å². The van der Waals surface area contributed by atoms with Crippen molar-refractivity contribution >= 4 is 35.2 Å². The molecule has 0 spiro atoms. The molecule has 2 aromatic rings. The summed E-state index contributed by atoms with van der Waals surface area (Å²) >= 11 is 6.14. The molecule has 0 radical (unpaired) electrons. The lowest BCUT2D eigenvalue weighted by Gasteiger charge is -2.25. The maximum absolute atomic E-state index is 12.9. The number of esters is 1. The summed E-state index contributed by atoms with van der Waals surface area (Å²) in [6.45, 7) is 3.68. The highest BCUT2D eigenvalue weighted by atomic mass is 35.5. The Morgan fingerprint density at radius 1 is 1.28 bits per heavy atom. The van der Waals surface area contributed by atoms with E-state index in [2.05, 4.69) is 0 Å². The predicted octanol–water partition coefficient (Wildman–Crippen LogP) is 3.99. The van der Waals surface area contributed by atoms with Gasteiger partial charge in [-0.15, -0.1) is 0 Å². The van der Waals surface area contributed by atoms with Gasteiger partial charge < -0.3 is 19.1 Å². The summed E-state index contributed by atoms with van der Waals surface area (Å²) in [5.74, 6) is 0.163. The normalized spacial score (nSPS) is 18.0. The lowest BCUT2D eigenvalue weighted by atomic mass is 10.1. The van der Waals surface area contributed by atoms with Gasteiger partial charge in [-0.1, -0.05) is 29.8 Å². The zero-order valence-electron chi connectivity index (χ0n) is 16.1. The van der Waals surface area contributed by atoms with E-state index in [4.69, 9.17) is 25.8 Å². The summed E-state index contributed by atoms with van der Waals surface area (Å²) in [7, 11) is 0. The van der Waals surface area contributed by atoms with Gasteiger partial charge in [-0.2, -0.15) is 0 Å². The van der Waals surface area contributed by atoms with Gasteiger partial charge in [-0.05, 0) is 55.7 Å². The van der Waals surface area contributed by atoms with Gasteiger partial charge in [-0.3, -0.25) is 4.79 Å². The highest BCUT2D eigenvalue weighted by Crippen LogP contribution is 2.40. The summed E-state index contributed by atoms with van der Waals surface area (Å²) in [6.07, 6.45) is 2.70. The van der Waals surface area contributed by atoms with Gasteiger partial charge in [0.15, 0.2) is 17.6 Å². The highest BCUT2D eigenvalue weighted by Gasteiger charge is 2.34. The minimum Gasteiger partial charge on any atom is -0.454 e. The fourth-order valence-electron chi connectivity index (χ4n) is 3.61. The Bertz CT molecular complexity index is 1000. The van der Waals surface area contributed by atoms with Crippen LogP contribution in [0.3, 0.4) is 0 Å². The fraction of sp³-hybridized carbons (Fsp3) is 0.273. The van der Waals surface area contributed by atoms with Gasteiger partial charge in [0.25, 0.3) is 5.91 Å². The van der Waals surface area contributed by atoms with Crippen molar-refractivity contribution in [3.8, 4) is 11.5 Å². The molecule has 0 saturated carbocycles. The number of carbonyl (C=O) groups excluding carboxylic acids is 2. The van der Waals surface area contributed by atoms with Crippen molar-refractivity contribution in [2.75, 3.05) is 11.7 Å². The molecule has 2 aliphatic rings. The number of benzene rings is 2. The average Bonchev–Trinajstić information content (AvgIpc) is 3.29. The van der Waals surface area contributed by atoms with Crippen LogP contribution in [-0.2, 0) is 20.7 Å². The first-order valence-corrected chi connectivity index (χ1v) is 9.70. The highest BCUT2D eigenvalue weighted by molar-refractivity contribution is 6.32. The molecule has 29 heavy (non-hydrogen) atoms. The molecular formula is C22H20ClNO5. The summed E-state index contributed by atoms with van der Waals surface area (Å²) in [6, 6.07) is 11.2. The quantitative estimate of drug-likeness (QED) is 0.560. The second kappa shape index (κ2) is 7.79. The minimum atomic E-state index is -0.902. The third kappa shape index (κ3) is 3.80. The maximum Gasteiger partial charge on any atom is 0.331 e. The molecule has 1 amide bonds. The van der Waals surface area contributed by atoms with Crippen LogP contribution >= 0.6 is 11.6 Å². The van der Waals surface area contributed by atoms with Crippen molar-refractivity contribution in [3.05, 3.63) is 58.6 Å². The molecule has 2 aliphatic heterocycles. The Kier molecular flexibility index (Phi) is 5.20. The first-order chi connectivity index (χ1) is 13.9. The van der Waals surface area contributed by atoms with Crippen LogP contribution in [0.4, 0.5) is 5.69 Å². The number of halogens is 1. The van der Waals surface area contributed by atoms with Crippen molar-refractivity contribution < 1.29 is 23.8 Å². The largest absolute Gasteiger partial charge is 0.454 e. The number of fused-ring (bicyclic) bond motifs is 2. The maximum atomic E-state index is 12.9. The number of para-hydroxylation sites is 1. The molecule has 2 atom stereocenters. The van der Waals surface area contributed by atoms with Crippen LogP contribution in [0.2, 0.25) is 5.02 Å². The zero-order valence-corrected chi connectivity index (χ0v) is 16.8. The third-order valence-electron chi connectivity index (χ3n) is 4.95. The second-order valence-electron chi connectivity index (χ2n) is 7.04. The second-order valence-corrected chi connectivity index (χ2v) is 7.45. The molecule has 0 bridgehead atoms. The topological polar surface area (TPSA) is 65.1 Å². The third-order valence-corrected chi connectivity index (χ3v) is 5.23. The molecular weight excluding hydrogens is 394 g/mol. The van der Waals surface area contributed by atoms with E-state index in [0.29, 0.717) is 22.1 Å². The Balaban J connectivity index is 1.42. The number of ether oxygens (including phenoxy) is 3. The molecule has 7 heteroatoms. The van der Waals surface area contributed by atoms with Crippen LogP contribution in [0.5, 0.6) is 11.5 Å². The van der Waals surface area contributed by atoms with Crippen LogP contribution in [-0.4, -0.2) is 30.8 Å². The number of nitrogens with zero attached hydrogens (tertiary/aromatic N) is 1. The first kappa shape index (κ1) is 19.3. The molecule has 6 nitrogen and oxygen atoms in total. The molecule has 2 aromatic carbocycles. The summed E-state index contributed by atoms with van der Waals surface area (Å²) < 4.78 is 15.9. The zero-order chi connectivity index (χ0) is 20.5. The molecule has 0 aliphatic carbocycles. The summed E-state index contributed by atoms with van der Waals surface area (Å²) in [4.78, 5) is 26.8. The Labute approximate surface area is 173 Å². The van der Waals surface area contributed by atoms with Gasteiger partial charge in [0.1, 0.15) is 0 Å². The standard InChI is InChI=1S/C22H20ClNO5/c1-13-9-16-5-3-4-6-18(16)24(13)22(26)14(2)29-20(25)8-7-15-10-17(23)21-19(11-15)27-12-28-21/h3-8,10-11,13-14H,9,12H2,1-2H3/b8-7+/t13-,14+/m1/s1. The van der Waals surface area contributed by atoms with Gasteiger partial charge in [-0.25, -0.2) is 4.79 Å². The number of anilines is 1. The lowest BCUT2D eigenvalue weighted by molar-refractivity contribution is -0.149. The van der Waals surface area contributed by atoms with Gasteiger partial charge >= 0.3 is 5.97 Å². The van der Waals surface area contributed by atoms with E-state index in [0.717, 1.165) is 17.7 Å². The van der Waals surface area contributed by atoms with Crippen molar-refractivity contribution in [2.45, 2.75) is 32.4 Å². The number of hydrogen-bond acceptors (Lipinski definition) is 5. The summed E-state index contributed by atoms with van der Waals surface area (Å²) in [5.41, 5.74) is 2.65. The van der Waals surface area contributed by atoms with E-state index >= 15 is 0 Å².